The molecule has 0 radical (unpaired) electrons. The molecule has 0 aliphatic heterocycles. The molecule has 0 saturated carbocycles. The average Bonchev–Trinajstić information content (AvgIpc) is 2.04. The van der Waals surface area contributed by atoms with E-state index in [-0.39, 0.29) is 5.24 Å². The monoisotopic (exact) mass is 200 g/mol. The van der Waals surface area contributed by atoms with Crippen molar-refractivity contribution >= 4 is 17.0 Å². The van der Waals surface area contributed by atoms with E-state index in [0.717, 1.165) is 22.4 Å². The van der Waals surface area contributed by atoms with Gasteiger partial charge in [-0.15, -0.1) is 0 Å². The van der Waals surface area contributed by atoms with Crippen LogP contribution in [0.3, 0.4) is 0 Å². The van der Waals surface area contributed by atoms with Crippen molar-refractivity contribution in [2.45, 2.75) is 6.92 Å². The number of aromatic amines is 1. The highest BCUT2D eigenvalue weighted by Gasteiger charge is 2.05. The summed E-state index contributed by atoms with van der Waals surface area (Å²) in [5, 5.41) is -0.385. The second-order valence-corrected chi connectivity index (χ2v) is 3.39. The SMILES string of the molecule is CCSC(=O)n1ccc(=O)[nH]c1=O. The van der Waals surface area contributed by atoms with Gasteiger partial charge in [-0.25, -0.2) is 9.36 Å². The number of hydrogen-bond acceptors (Lipinski definition) is 4. The molecule has 1 aromatic heterocycles. The van der Waals surface area contributed by atoms with E-state index in [1.165, 1.54) is 6.20 Å². The van der Waals surface area contributed by atoms with Gasteiger partial charge in [0.25, 0.3) is 10.8 Å². The van der Waals surface area contributed by atoms with E-state index in [0.29, 0.717) is 5.75 Å². The second-order valence-electron chi connectivity index (χ2n) is 2.18. The minimum atomic E-state index is -0.696. The van der Waals surface area contributed by atoms with Crippen LogP contribution in [0.25, 0.3) is 0 Å². The van der Waals surface area contributed by atoms with Crippen molar-refractivity contribution in [1.82, 2.24) is 9.55 Å². The van der Waals surface area contributed by atoms with E-state index in [4.69, 9.17) is 0 Å². The molecule has 0 aromatic carbocycles. The predicted octanol–water partition coefficient (Wildman–Crippen LogP) is 0.258. The largest absolute Gasteiger partial charge is 0.335 e. The summed E-state index contributed by atoms with van der Waals surface area (Å²) in [6, 6.07) is 1.13. The van der Waals surface area contributed by atoms with Crippen molar-refractivity contribution in [3.8, 4) is 0 Å². The fourth-order valence-electron chi connectivity index (χ4n) is 0.754. The lowest BCUT2D eigenvalue weighted by molar-refractivity contribution is 0.261. The van der Waals surface area contributed by atoms with Gasteiger partial charge in [0.1, 0.15) is 0 Å². The van der Waals surface area contributed by atoms with Crippen molar-refractivity contribution in [3.05, 3.63) is 33.1 Å². The van der Waals surface area contributed by atoms with Crippen LogP contribution in [-0.4, -0.2) is 20.5 Å². The van der Waals surface area contributed by atoms with Crippen molar-refractivity contribution in [1.29, 1.82) is 0 Å². The molecule has 0 unspecified atom stereocenters. The van der Waals surface area contributed by atoms with Crippen LogP contribution in [0, 0.1) is 0 Å². The number of H-pyrrole nitrogens is 1. The van der Waals surface area contributed by atoms with Gasteiger partial charge in [0, 0.05) is 12.3 Å². The molecule has 1 rings (SSSR count). The van der Waals surface area contributed by atoms with Gasteiger partial charge in [0.05, 0.1) is 0 Å². The summed E-state index contributed by atoms with van der Waals surface area (Å²) >= 11 is 1.01. The molecule has 1 aromatic rings. The third-order valence-electron chi connectivity index (χ3n) is 1.29. The van der Waals surface area contributed by atoms with E-state index < -0.39 is 11.2 Å². The Bertz CT molecular complexity index is 420. The number of thioether (sulfide) groups is 1. The zero-order valence-electron chi connectivity index (χ0n) is 6.94. The zero-order chi connectivity index (χ0) is 9.84. The lowest BCUT2D eigenvalue weighted by Gasteiger charge is -1.99. The summed E-state index contributed by atoms with van der Waals surface area (Å²) in [6.07, 6.45) is 1.17. The number of aromatic nitrogens is 2. The average molecular weight is 200 g/mol. The highest BCUT2D eigenvalue weighted by atomic mass is 32.2. The van der Waals surface area contributed by atoms with Crippen LogP contribution in [-0.2, 0) is 0 Å². The highest BCUT2D eigenvalue weighted by Crippen LogP contribution is 2.01. The van der Waals surface area contributed by atoms with E-state index in [1.54, 1.807) is 6.92 Å². The van der Waals surface area contributed by atoms with Crippen LogP contribution >= 0.6 is 11.8 Å². The van der Waals surface area contributed by atoms with Crippen LogP contribution in [0.15, 0.2) is 21.9 Å². The van der Waals surface area contributed by atoms with Crippen LogP contribution < -0.4 is 11.2 Å². The molecule has 1 N–H and O–H groups in total. The number of carbonyl (C=O) groups is 1. The number of nitrogens with zero attached hydrogens (tertiary/aromatic N) is 1. The Labute approximate surface area is 77.8 Å². The van der Waals surface area contributed by atoms with Crippen LogP contribution in [0.2, 0.25) is 0 Å². The Morgan fingerprint density at radius 2 is 2.31 bits per heavy atom. The topological polar surface area (TPSA) is 71.9 Å². The molecule has 0 aliphatic rings. The van der Waals surface area contributed by atoms with Crippen molar-refractivity contribution in [2.75, 3.05) is 5.75 Å². The summed E-state index contributed by atoms with van der Waals surface area (Å²) in [4.78, 5) is 34.8. The van der Waals surface area contributed by atoms with Crippen molar-refractivity contribution in [2.24, 2.45) is 0 Å². The molecule has 70 valence electrons. The third-order valence-corrected chi connectivity index (χ3v) is 2.02. The molecule has 0 bridgehead atoms. The first-order valence-electron chi connectivity index (χ1n) is 3.64. The number of rotatable bonds is 1. The minimum absolute atomic E-state index is 0.385. The molecule has 0 fully saturated rings. The van der Waals surface area contributed by atoms with Gasteiger partial charge in [0.2, 0.25) is 0 Å². The highest BCUT2D eigenvalue weighted by molar-refractivity contribution is 8.13. The van der Waals surface area contributed by atoms with Gasteiger partial charge in [-0.3, -0.25) is 14.6 Å². The summed E-state index contributed by atoms with van der Waals surface area (Å²) in [5.74, 6) is 0.588. The maximum absolute atomic E-state index is 11.2. The minimum Gasteiger partial charge on any atom is -0.274 e. The van der Waals surface area contributed by atoms with Gasteiger partial charge < -0.3 is 0 Å². The molecule has 0 amide bonds. The molecule has 5 nitrogen and oxygen atoms in total. The molecule has 1 heterocycles. The summed E-state index contributed by atoms with van der Waals surface area (Å²) in [7, 11) is 0. The first kappa shape index (κ1) is 9.79. The molecule has 0 spiro atoms. The zero-order valence-corrected chi connectivity index (χ0v) is 7.76. The van der Waals surface area contributed by atoms with Gasteiger partial charge in [0.15, 0.2) is 0 Å². The lowest BCUT2D eigenvalue weighted by Crippen LogP contribution is -2.31. The molecular formula is C7H8N2O3S. The predicted molar refractivity (Wildman–Crippen MR) is 50.2 cm³/mol. The van der Waals surface area contributed by atoms with E-state index in [1.807, 2.05) is 4.98 Å². The van der Waals surface area contributed by atoms with Gasteiger partial charge in [-0.2, -0.15) is 0 Å². The molecule has 6 heteroatoms. The number of hydrogen-bond donors (Lipinski definition) is 1. The van der Waals surface area contributed by atoms with Gasteiger partial charge in [-0.05, 0) is 5.75 Å². The summed E-state index contributed by atoms with van der Waals surface area (Å²) in [5.41, 5.74) is -1.20. The van der Waals surface area contributed by atoms with Crippen LogP contribution in [0.4, 0.5) is 4.79 Å². The third kappa shape index (κ3) is 2.32. The molecule has 0 atom stereocenters. The Morgan fingerprint density at radius 3 is 2.85 bits per heavy atom. The van der Waals surface area contributed by atoms with E-state index >= 15 is 0 Å². The smallest absolute Gasteiger partial charge is 0.274 e. The van der Waals surface area contributed by atoms with Gasteiger partial charge in [-0.1, -0.05) is 18.7 Å². The molecule has 0 saturated heterocycles. The van der Waals surface area contributed by atoms with E-state index in [2.05, 4.69) is 0 Å². The Balaban J connectivity index is 3.09. The Hall–Kier alpha value is -1.30. The second kappa shape index (κ2) is 4.08. The maximum atomic E-state index is 11.2. The quantitative estimate of drug-likeness (QED) is 0.705. The fraction of sp³-hybridized carbons (Fsp3) is 0.286. The molecule has 0 aliphatic carbocycles. The first-order valence-corrected chi connectivity index (χ1v) is 4.63. The number of carbonyl (C=O) groups excluding carboxylic acids is 1. The van der Waals surface area contributed by atoms with Crippen molar-refractivity contribution in [3.63, 3.8) is 0 Å². The maximum Gasteiger partial charge on any atom is 0.335 e. The fourth-order valence-corrected chi connectivity index (χ4v) is 1.28. The normalized spacial score (nSPS) is 9.92. The van der Waals surface area contributed by atoms with Crippen molar-refractivity contribution < 1.29 is 4.79 Å². The Kier molecular flexibility index (Phi) is 3.07. The Morgan fingerprint density at radius 1 is 1.62 bits per heavy atom. The van der Waals surface area contributed by atoms with Crippen LogP contribution in [0.1, 0.15) is 6.92 Å². The van der Waals surface area contributed by atoms with Gasteiger partial charge >= 0.3 is 5.69 Å². The molecular weight excluding hydrogens is 192 g/mol. The lowest BCUT2D eigenvalue weighted by atomic mass is 10.6. The summed E-state index contributed by atoms with van der Waals surface area (Å²) in [6.45, 7) is 1.80. The first-order chi connectivity index (χ1) is 6.15. The molecule has 13 heavy (non-hydrogen) atoms. The van der Waals surface area contributed by atoms with Crippen LogP contribution in [0.5, 0.6) is 0 Å². The number of nitrogens with one attached hydrogen (secondary N) is 1. The van der Waals surface area contributed by atoms with E-state index in [9.17, 15) is 14.4 Å². The standard InChI is InChI=1S/C7H8N2O3S/c1-2-13-7(12)9-4-3-5(10)8-6(9)11/h3-4H,2H2,1H3,(H,8,10,11). The summed E-state index contributed by atoms with van der Waals surface area (Å²) < 4.78 is 0.871.